The molecule has 1 radical (unpaired) electrons. The Kier molecular flexibility index (Phi) is 4.13. The molecule has 3 nitrogen and oxygen atoms in total. The summed E-state index contributed by atoms with van der Waals surface area (Å²) in [6.45, 7) is 0. The number of aliphatic imine (C=N–C) groups is 2. The number of hydrogen-bond donors (Lipinski definition) is 0. The van der Waals surface area contributed by atoms with Gasteiger partial charge in [-0.15, -0.1) is 0 Å². The quantitative estimate of drug-likeness (QED) is 0.694. The first kappa shape index (κ1) is 15.3. The molecule has 0 saturated heterocycles. The molecule has 121 valence electrons. The molecular weight excluding hydrogens is 308 g/mol. The molecule has 0 atom stereocenters. The molecule has 4 rings (SSSR count). The van der Waals surface area contributed by atoms with E-state index < -0.39 is 0 Å². The summed E-state index contributed by atoms with van der Waals surface area (Å²) >= 11 is 0. The largest absolute Gasteiger partial charge is 0.496 e. The average Bonchev–Trinajstić information content (AvgIpc) is 3.14. The number of nitrogens with zero attached hydrogens (tertiary/aromatic N) is 2. The van der Waals surface area contributed by atoms with E-state index in [1.165, 1.54) is 0 Å². The van der Waals surface area contributed by atoms with Crippen molar-refractivity contribution in [3.05, 3.63) is 108 Å². The van der Waals surface area contributed by atoms with E-state index in [4.69, 9.17) is 14.7 Å². The highest BCUT2D eigenvalue weighted by molar-refractivity contribution is 6.54. The molecule has 0 aliphatic carbocycles. The summed E-state index contributed by atoms with van der Waals surface area (Å²) in [6.07, 6.45) is 0.676. The van der Waals surface area contributed by atoms with Crippen LogP contribution in [-0.2, 0) is 0 Å². The Bertz CT molecular complexity index is 875. The van der Waals surface area contributed by atoms with Gasteiger partial charge in [0.2, 0.25) is 6.17 Å². The second kappa shape index (κ2) is 6.73. The van der Waals surface area contributed by atoms with Crippen LogP contribution in [0.2, 0.25) is 0 Å². The van der Waals surface area contributed by atoms with E-state index >= 15 is 0 Å². The monoisotopic (exact) mass is 325 g/mol. The van der Waals surface area contributed by atoms with E-state index in [0.717, 1.165) is 33.9 Å². The van der Waals surface area contributed by atoms with Crippen LogP contribution < -0.4 is 4.74 Å². The minimum atomic E-state index is 0.676. The number of methoxy groups -OCH3 is 1. The topological polar surface area (TPSA) is 34.0 Å². The van der Waals surface area contributed by atoms with Crippen LogP contribution in [0.1, 0.15) is 16.7 Å². The van der Waals surface area contributed by atoms with E-state index in [0.29, 0.717) is 6.17 Å². The van der Waals surface area contributed by atoms with E-state index in [-0.39, 0.29) is 0 Å². The highest BCUT2D eigenvalue weighted by atomic mass is 16.5. The summed E-state index contributed by atoms with van der Waals surface area (Å²) < 4.78 is 5.48. The molecule has 0 aromatic heterocycles. The van der Waals surface area contributed by atoms with Gasteiger partial charge in [0.15, 0.2) is 0 Å². The minimum absolute atomic E-state index is 0.676. The summed E-state index contributed by atoms with van der Waals surface area (Å²) in [7, 11) is 1.66. The van der Waals surface area contributed by atoms with Crippen LogP contribution in [0.25, 0.3) is 0 Å². The maximum Gasteiger partial charge on any atom is 0.230 e. The number of para-hydroxylation sites is 1. The van der Waals surface area contributed by atoms with Crippen molar-refractivity contribution >= 4 is 11.4 Å². The lowest BCUT2D eigenvalue weighted by Crippen LogP contribution is -2.13. The number of rotatable bonds is 4. The summed E-state index contributed by atoms with van der Waals surface area (Å²) in [5.41, 5.74) is 4.76. The molecule has 25 heavy (non-hydrogen) atoms. The third-order valence-corrected chi connectivity index (χ3v) is 4.10. The highest BCUT2D eigenvalue weighted by Gasteiger charge is 2.27. The molecule has 0 saturated carbocycles. The molecule has 0 unspecified atom stereocenters. The summed E-state index contributed by atoms with van der Waals surface area (Å²) in [4.78, 5) is 9.69. The van der Waals surface area contributed by atoms with E-state index in [1.54, 1.807) is 7.11 Å². The van der Waals surface area contributed by atoms with Crippen LogP contribution in [0.3, 0.4) is 0 Å². The number of ether oxygens (including phenoxy) is 1. The van der Waals surface area contributed by atoms with Gasteiger partial charge in [0.1, 0.15) is 5.75 Å². The van der Waals surface area contributed by atoms with Crippen molar-refractivity contribution in [2.75, 3.05) is 7.11 Å². The third-order valence-electron chi connectivity index (χ3n) is 4.10. The van der Waals surface area contributed by atoms with Crippen LogP contribution in [0.5, 0.6) is 5.75 Å². The first-order valence-electron chi connectivity index (χ1n) is 8.16. The fourth-order valence-corrected chi connectivity index (χ4v) is 2.89. The fraction of sp³-hybridized carbons (Fsp3) is 0.0455. The van der Waals surface area contributed by atoms with E-state index in [1.807, 2.05) is 60.7 Å². The van der Waals surface area contributed by atoms with Crippen LogP contribution in [0, 0.1) is 6.17 Å². The molecule has 1 aliphatic rings. The number of hydrogen-bond acceptors (Lipinski definition) is 3. The van der Waals surface area contributed by atoms with Crippen molar-refractivity contribution in [1.82, 2.24) is 0 Å². The third kappa shape index (κ3) is 2.96. The van der Waals surface area contributed by atoms with Crippen molar-refractivity contribution in [2.24, 2.45) is 9.98 Å². The van der Waals surface area contributed by atoms with Crippen LogP contribution in [0.15, 0.2) is 94.9 Å². The normalized spacial score (nSPS) is 14.1. The Morgan fingerprint density at radius 3 is 1.60 bits per heavy atom. The van der Waals surface area contributed by atoms with Crippen molar-refractivity contribution in [3.8, 4) is 5.75 Å². The van der Waals surface area contributed by atoms with Gasteiger partial charge in [-0.05, 0) is 6.07 Å². The van der Waals surface area contributed by atoms with E-state index in [2.05, 4.69) is 24.3 Å². The molecule has 0 N–H and O–H groups in total. The predicted molar refractivity (Wildman–Crippen MR) is 101 cm³/mol. The summed E-state index contributed by atoms with van der Waals surface area (Å²) in [5, 5.41) is 0. The van der Waals surface area contributed by atoms with Gasteiger partial charge in [-0.1, -0.05) is 78.9 Å². The molecule has 0 amide bonds. The zero-order chi connectivity index (χ0) is 17.1. The fourth-order valence-electron chi connectivity index (χ4n) is 2.89. The van der Waals surface area contributed by atoms with Gasteiger partial charge >= 0.3 is 0 Å². The second-order valence-electron chi connectivity index (χ2n) is 5.68. The maximum absolute atomic E-state index is 5.48. The van der Waals surface area contributed by atoms with Gasteiger partial charge in [-0.3, -0.25) is 0 Å². The Morgan fingerprint density at radius 2 is 1.08 bits per heavy atom. The molecule has 0 bridgehead atoms. The second-order valence-corrected chi connectivity index (χ2v) is 5.68. The zero-order valence-electron chi connectivity index (χ0n) is 13.9. The Labute approximate surface area is 147 Å². The van der Waals surface area contributed by atoms with Crippen molar-refractivity contribution in [3.63, 3.8) is 0 Å². The zero-order valence-corrected chi connectivity index (χ0v) is 13.9. The van der Waals surface area contributed by atoms with Crippen molar-refractivity contribution in [2.45, 2.75) is 0 Å². The first-order chi connectivity index (χ1) is 12.4. The van der Waals surface area contributed by atoms with Gasteiger partial charge in [0.25, 0.3) is 0 Å². The van der Waals surface area contributed by atoms with Crippen LogP contribution in [-0.4, -0.2) is 18.5 Å². The molecule has 1 aliphatic heterocycles. The Hall–Kier alpha value is -3.20. The van der Waals surface area contributed by atoms with Crippen molar-refractivity contribution < 1.29 is 4.74 Å². The molecule has 3 heteroatoms. The summed E-state index contributed by atoms with van der Waals surface area (Å²) in [6, 6.07) is 28.1. The SMILES string of the molecule is COc1ccccc1[C]1N=C(c2ccccc2)C(c2ccccc2)=N1. The molecule has 3 aromatic rings. The molecule has 0 fully saturated rings. The van der Waals surface area contributed by atoms with Gasteiger partial charge in [-0.2, -0.15) is 0 Å². The van der Waals surface area contributed by atoms with Crippen LogP contribution >= 0.6 is 0 Å². The van der Waals surface area contributed by atoms with Crippen molar-refractivity contribution in [1.29, 1.82) is 0 Å². The smallest absolute Gasteiger partial charge is 0.230 e. The lowest BCUT2D eigenvalue weighted by atomic mass is 10.0. The van der Waals surface area contributed by atoms with Crippen LogP contribution in [0.4, 0.5) is 0 Å². The Morgan fingerprint density at radius 1 is 0.600 bits per heavy atom. The minimum Gasteiger partial charge on any atom is -0.496 e. The highest BCUT2D eigenvalue weighted by Crippen LogP contribution is 2.32. The predicted octanol–water partition coefficient (Wildman–Crippen LogP) is 4.52. The van der Waals surface area contributed by atoms with Gasteiger partial charge < -0.3 is 4.74 Å². The van der Waals surface area contributed by atoms with Gasteiger partial charge in [0, 0.05) is 16.7 Å². The van der Waals surface area contributed by atoms with Gasteiger partial charge in [0.05, 0.1) is 18.5 Å². The Balaban J connectivity index is 1.84. The average molecular weight is 325 g/mol. The first-order valence-corrected chi connectivity index (χ1v) is 8.16. The van der Waals surface area contributed by atoms with Gasteiger partial charge in [-0.25, -0.2) is 9.98 Å². The van der Waals surface area contributed by atoms with E-state index in [9.17, 15) is 0 Å². The molecule has 0 spiro atoms. The molecule has 1 heterocycles. The summed E-state index contributed by atoms with van der Waals surface area (Å²) in [5.74, 6) is 0.770. The number of benzene rings is 3. The molecular formula is C22H17N2O. The standard InChI is InChI=1S/C22H17N2O/c1-25-19-15-9-8-14-18(19)22-23-20(16-10-4-2-5-11-16)21(24-22)17-12-6-3-7-13-17/h2-15H,1H3. The molecule has 3 aromatic carbocycles. The lowest BCUT2D eigenvalue weighted by molar-refractivity contribution is 0.411. The maximum atomic E-state index is 5.48. The lowest BCUT2D eigenvalue weighted by Gasteiger charge is -2.08.